The number of aryl methyl sites for hydroxylation is 1. The third-order valence-electron chi connectivity index (χ3n) is 5.24. The van der Waals surface area contributed by atoms with Gasteiger partial charge in [-0.1, -0.05) is 36.4 Å². The molecule has 0 radical (unpaired) electrons. The summed E-state index contributed by atoms with van der Waals surface area (Å²) < 4.78 is 34.3. The van der Waals surface area contributed by atoms with E-state index in [1.165, 1.54) is 7.11 Å². The molecule has 0 saturated carbocycles. The summed E-state index contributed by atoms with van der Waals surface area (Å²) in [5.74, 6) is -0.639. The maximum absolute atomic E-state index is 13.5. The Bertz CT molecular complexity index is 1240. The second-order valence-electron chi connectivity index (χ2n) is 7.54. The molecule has 1 unspecified atom stereocenters. The molecule has 0 spiro atoms. The van der Waals surface area contributed by atoms with Crippen LogP contribution in [0.2, 0.25) is 0 Å². The summed E-state index contributed by atoms with van der Waals surface area (Å²) >= 11 is 0. The number of allylic oxidation sites excluding steroid dienone is 1. The van der Waals surface area contributed by atoms with E-state index in [4.69, 9.17) is 10.5 Å². The number of aldehydes is 1. The van der Waals surface area contributed by atoms with Crippen molar-refractivity contribution in [2.75, 3.05) is 7.11 Å². The molecule has 0 saturated heterocycles. The van der Waals surface area contributed by atoms with Crippen LogP contribution in [-0.4, -0.2) is 43.6 Å². The summed E-state index contributed by atoms with van der Waals surface area (Å²) in [7, 11) is -3.27. The first kappa shape index (κ1) is 24.6. The van der Waals surface area contributed by atoms with Crippen molar-refractivity contribution < 1.29 is 27.5 Å². The van der Waals surface area contributed by atoms with Crippen LogP contribution in [-0.2, 0) is 30.8 Å². The Hall–Kier alpha value is -3.99. The highest BCUT2D eigenvalue weighted by Crippen LogP contribution is 2.39. The fourth-order valence-corrected chi connectivity index (χ4v) is 5.15. The van der Waals surface area contributed by atoms with Gasteiger partial charge in [-0.2, -0.15) is 0 Å². The number of carbonyl (C=O) groups is 3. The molecule has 10 nitrogen and oxygen atoms in total. The highest BCUT2D eigenvalue weighted by atomic mass is 32.2. The SMILES string of the molecule is COC1=C(c2ccccc2)CC(NC(N)=O)(S(=O)(=O)NC(=O)CCc2cccnc2)C=C1C=O. The van der Waals surface area contributed by atoms with Crippen molar-refractivity contribution in [1.82, 2.24) is 15.0 Å². The topological polar surface area (TPSA) is 158 Å². The van der Waals surface area contributed by atoms with Gasteiger partial charge in [-0.3, -0.25) is 19.3 Å². The van der Waals surface area contributed by atoms with Gasteiger partial charge in [-0.25, -0.2) is 13.2 Å². The zero-order valence-electron chi connectivity index (χ0n) is 18.4. The van der Waals surface area contributed by atoms with E-state index in [1.807, 2.05) is 4.72 Å². The van der Waals surface area contributed by atoms with Gasteiger partial charge >= 0.3 is 6.03 Å². The van der Waals surface area contributed by atoms with Crippen LogP contribution in [0.5, 0.6) is 0 Å². The van der Waals surface area contributed by atoms with E-state index in [0.29, 0.717) is 17.4 Å². The Kier molecular flexibility index (Phi) is 7.47. The largest absolute Gasteiger partial charge is 0.496 e. The molecule has 4 N–H and O–H groups in total. The maximum atomic E-state index is 13.5. The first-order chi connectivity index (χ1) is 16.2. The van der Waals surface area contributed by atoms with E-state index in [1.54, 1.807) is 54.9 Å². The first-order valence-corrected chi connectivity index (χ1v) is 11.7. The number of aromatic nitrogens is 1. The smallest absolute Gasteiger partial charge is 0.313 e. The van der Waals surface area contributed by atoms with Crippen LogP contribution in [0.25, 0.3) is 5.57 Å². The molecule has 3 rings (SSSR count). The Morgan fingerprint density at radius 2 is 1.94 bits per heavy atom. The normalized spacial score (nSPS) is 18.0. The Morgan fingerprint density at radius 3 is 2.53 bits per heavy atom. The molecule has 178 valence electrons. The lowest BCUT2D eigenvalue weighted by molar-refractivity contribution is -0.119. The average Bonchev–Trinajstić information content (AvgIpc) is 2.82. The van der Waals surface area contributed by atoms with Crippen LogP contribution in [0.4, 0.5) is 4.79 Å². The summed E-state index contributed by atoms with van der Waals surface area (Å²) in [5, 5.41) is 2.22. The molecular weight excluding hydrogens is 460 g/mol. The fourth-order valence-electron chi connectivity index (χ4n) is 3.71. The number of hydrogen-bond donors (Lipinski definition) is 3. The van der Waals surface area contributed by atoms with Gasteiger partial charge < -0.3 is 15.8 Å². The number of sulfonamides is 1. The van der Waals surface area contributed by atoms with Gasteiger partial charge in [0.25, 0.3) is 10.0 Å². The molecule has 1 aliphatic carbocycles. The van der Waals surface area contributed by atoms with Crippen molar-refractivity contribution in [3.05, 3.63) is 83.4 Å². The van der Waals surface area contributed by atoms with Gasteiger partial charge in [0.15, 0.2) is 11.2 Å². The molecule has 1 aromatic heterocycles. The predicted molar refractivity (Wildman–Crippen MR) is 124 cm³/mol. The summed E-state index contributed by atoms with van der Waals surface area (Å²) in [6.45, 7) is 0. The van der Waals surface area contributed by atoms with Gasteiger partial charge in [-0.15, -0.1) is 0 Å². The number of nitrogens with two attached hydrogens (primary N) is 1. The first-order valence-electron chi connectivity index (χ1n) is 10.2. The van der Waals surface area contributed by atoms with Gasteiger partial charge in [-0.05, 0) is 29.7 Å². The second kappa shape index (κ2) is 10.3. The van der Waals surface area contributed by atoms with Gasteiger partial charge in [0.1, 0.15) is 5.76 Å². The third-order valence-corrected chi connectivity index (χ3v) is 7.06. The van der Waals surface area contributed by atoms with Crippen LogP contribution >= 0.6 is 0 Å². The Morgan fingerprint density at radius 1 is 1.21 bits per heavy atom. The number of amides is 3. The van der Waals surface area contributed by atoms with Crippen molar-refractivity contribution in [2.45, 2.75) is 24.1 Å². The molecule has 0 bridgehead atoms. The van der Waals surface area contributed by atoms with Crippen molar-refractivity contribution >= 4 is 33.8 Å². The highest BCUT2D eigenvalue weighted by molar-refractivity contribution is 7.91. The fraction of sp³-hybridized carbons (Fsp3) is 0.217. The van der Waals surface area contributed by atoms with E-state index in [0.717, 1.165) is 11.6 Å². The van der Waals surface area contributed by atoms with E-state index in [2.05, 4.69) is 10.3 Å². The van der Waals surface area contributed by atoms with Crippen LogP contribution in [0.3, 0.4) is 0 Å². The molecule has 3 amide bonds. The van der Waals surface area contributed by atoms with Crippen molar-refractivity contribution in [3.8, 4) is 0 Å². The van der Waals surface area contributed by atoms with E-state index in [-0.39, 0.29) is 30.6 Å². The highest BCUT2D eigenvalue weighted by Gasteiger charge is 2.48. The van der Waals surface area contributed by atoms with Gasteiger partial charge in [0.05, 0.1) is 12.7 Å². The molecule has 0 fully saturated rings. The maximum Gasteiger partial charge on any atom is 0.313 e. The number of pyridine rings is 1. The average molecular weight is 485 g/mol. The quantitative estimate of drug-likeness (QED) is 0.454. The minimum Gasteiger partial charge on any atom is -0.496 e. The minimum absolute atomic E-state index is 0.116. The van der Waals surface area contributed by atoms with E-state index in [9.17, 15) is 22.8 Å². The lowest BCUT2D eigenvalue weighted by Crippen LogP contribution is -2.60. The Balaban J connectivity index is 1.99. The molecule has 1 aliphatic rings. The van der Waals surface area contributed by atoms with Crippen LogP contribution in [0.1, 0.15) is 24.0 Å². The molecule has 11 heteroatoms. The van der Waals surface area contributed by atoms with Crippen LogP contribution < -0.4 is 15.8 Å². The van der Waals surface area contributed by atoms with Crippen molar-refractivity contribution in [2.24, 2.45) is 5.73 Å². The number of carbonyl (C=O) groups excluding carboxylic acids is 3. The second-order valence-corrected chi connectivity index (χ2v) is 9.48. The molecule has 0 aliphatic heterocycles. The number of rotatable bonds is 9. The number of hydrogen-bond acceptors (Lipinski definition) is 7. The molecular formula is C23H24N4O6S. The van der Waals surface area contributed by atoms with E-state index >= 15 is 0 Å². The van der Waals surface area contributed by atoms with Crippen LogP contribution in [0.15, 0.2) is 72.3 Å². The van der Waals surface area contributed by atoms with Gasteiger partial charge in [0, 0.05) is 30.8 Å². The number of ether oxygens (including phenoxy) is 1. The third kappa shape index (κ3) is 5.31. The van der Waals surface area contributed by atoms with Crippen LogP contribution in [0, 0.1) is 0 Å². The molecule has 1 atom stereocenters. The zero-order valence-corrected chi connectivity index (χ0v) is 19.2. The number of nitrogens with zero attached hydrogens (tertiary/aromatic N) is 1. The number of benzene rings is 1. The minimum atomic E-state index is -4.61. The molecule has 1 heterocycles. The van der Waals surface area contributed by atoms with E-state index < -0.39 is 26.8 Å². The number of methoxy groups -OCH3 is 1. The van der Waals surface area contributed by atoms with Gasteiger partial charge in [0.2, 0.25) is 5.91 Å². The Labute approximate surface area is 197 Å². The lowest BCUT2D eigenvalue weighted by Gasteiger charge is -2.35. The monoisotopic (exact) mass is 484 g/mol. The molecule has 1 aromatic carbocycles. The molecule has 34 heavy (non-hydrogen) atoms. The zero-order chi connectivity index (χ0) is 24.8. The summed E-state index contributed by atoms with van der Waals surface area (Å²) in [6, 6.07) is 10.9. The lowest BCUT2D eigenvalue weighted by atomic mass is 9.89. The number of nitrogens with one attached hydrogen (secondary N) is 2. The van der Waals surface area contributed by atoms with Crippen molar-refractivity contribution in [3.63, 3.8) is 0 Å². The standard InChI is InChI=1S/C23H24N4O6S/c1-33-21-18(15-28)12-23(26-22(24)30,13-19(21)17-7-3-2-4-8-17)34(31,32)27-20(29)10-9-16-6-5-11-25-14-16/h2-8,11-12,14-15H,9-10,13H2,1H3,(H,27,29)(H3,24,26,30). The molecule has 2 aromatic rings. The summed E-state index contributed by atoms with van der Waals surface area (Å²) in [4.78, 5) is 38.0. The number of primary amides is 1. The summed E-state index contributed by atoms with van der Waals surface area (Å²) in [5.41, 5.74) is 6.86. The summed E-state index contributed by atoms with van der Waals surface area (Å²) in [6.07, 6.45) is 4.37. The predicted octanol–water partition coefficient (Wildman–Crippen LogP) is 1.41. The van der Waals surface area contributed by atoms with Crippen molar-refractivity contribution in [1.29, 1.82) is 0 Å². The number of urea groups is 1.